The number of hydrogen-bond donors (Lipinski definition) is 2. The largest absolute Gasteiger partial charge is 0.445 e. The predicted octanol–water partition coefficient (Wildman–Crippen LogP) is 2.36. The Bertz CT molecular complexity index is 551. The summed E-state index contributed by atoms with van der Waals surface area (Å²) in [6.07, 6.45) is 1.64. The third kappa shape index (κ3) is 4.39. The first-order chi connectivity index (χ1) is 9.13. The van der Waals surface area contributed by atoms with Crippen molar-refractivity contribution in [3.63, 3.8) is 0 Å². The number of benzene rings is 1. The fraction of sp³-hybridized carbons (Fsp3) is 0.231. The van der Waals surface area contributed by atoms with Crippen molar-refractivity contribution in [1.29, 1.82) is 0 Å². The van der Waals surface area contributed by atoms with Gasteiger partial charge in [0.15, 0.2) is 0 Å². The third-order valence-electron chi connectivity index (χ3n) is 2.36. The van der Waals surface area contributed by atoms with Crippen molar-refractivity contribution in [2.45, 2.75) is 13.5 Å². The van der Waals surface area contributed by atoms with Gasteiger partial charge in [0.1, 0.15) is 5.76 Å². The first-order valence-electron chi connectivity index (χ1n) is 5.81. The lowest BCUT2D eigenvalue weighted by Gasteiger charge is -2.05. The zero-order valence-electron chi connectivity index (χ0n) is 10.4. The van der Waals surface area contributed by atoms with Crippen LogP contribution < -0.4 is 10.6 Å². The minimum atomic E-state index is -0.134. The molecule has 100 valence electrons. The summed E-state index contributed by atoms with van der Waals surface area (Å²) in [6, 6.07) is 6.94. The van der Waals surface area contributed by atoms with Gasteiger partial charge in [-0.15, -0.1) is 0 Å². The SMILES string of the molecule is Cc1cnc(CNCC(=O)Nc2ccc(Cl)cc2)o1. The van der Waals surface area contributed by atoms with Gasteiger partial charge in [0.25, 0.3) is 0 Å². The molecule has 0 saturated heterocycles. The van der Waals surface area contributed by atoms with E-state index in [2.05, 4.69) is 15.6 Å². The Hall–Kier alpha value is -1.85. The van der Waals surface area contributed by atoms with Crippen LogP contribution in [-0.4, -0.2) is 17.4 Å². The molecule has 0 unspecified atom stereocenters. The normalized spacial score (nSPS) is 10.4. The lowest BCUT2D eigenvalue weighted by Crippen LogP contribution is -2.27. The molecule has 0 bridgehead atoms. The third-order valence-corrected chi connectivity index (χ3v) is 2.61. The summed E-state index contributed by atoms with van der Waals surface area (Å²) >= 11 is 5.76. The number of amides is 1. The monoisotopic (exact) mass is 279 g/mol. The van der Waals surface area contributed by atoms with E-state index < -0.39 is 0 Å². The molecule has 0 aliphatic rings. The molecule has 1 aromatic carbocycles. The molecule has 0 fully saturated rings. The fourth-order valence-corrected chi connectivity index (χ4v) is 1.63. The molecule has 6 heteroatoms. The first-order valence-corrected chi connectivity index (χ1v) is 6.19. The number of oxazole rings is 1. The summed E-state index contributed by atoms with van der Waals surface area (Å²) in [7, 11) is 0. The molecule has 19 heavy (non-hydrogen) atoms. The highest BCUT2D eigenvalue weighted by Crippen LogP contribution is 2.12. The van der Waals surface area contributed by atoms with Crippen LogP contribution in [0.2, 0.25) is 5.02 Å². The lowest BCUT2D eigenvalue weighted by molar-refractivity contribution is -0.115. The van der Waals surface area contributed by atoms with Crippen LogP contribution in [0.4, 0.5) is 5.69 Å². The van der Waals surface area contributed by atoms with E-state index in [0.29, 0.717) is 23.1 Å². The van der Waals surface area contributed by atoms with Crippen molar-refractivity contribution < 1.29 is 9.21 Å². The molecule has 5 nitrogen and oxygen atoms in total. The number of halogens is 1. The maximum atomic E-state index is 11.6. The summed E-state index contributed by atoms with van der Waals surface area (Å²) in [4.78, 5) is 15.7. The van der Waals surface area contributed by atoms with Crippen molar-refractivity contribution >= 4 is 23.2 Å². The summed E-state index contributed by atoms with van der Waals surface area (Å²) < 4.78 is 5.28. The van der Waals surface area contributed by atoms with Crippen LogP contribution in [0.25, 0.3) is 0 Å². The average Bonchev–Trinajstić information content (AvgIpc) is 2.78. The van der Waals surface area contributed by atoms with Crippen molar-refractivity contribution in [3.8, 4) is 0 Å². The van der Waals surface area contributed by atoms with Crippen molar-refractivity contribution in [3.05, 3.63) is 47.1 Å². The smallest absolute Gasteiger partial charge is 0.238 e. The Labute approximate surface area is 116 Å². The fourth-order valence-electron chi connectivity index (χ4n) is 1.50. The maximum Gasteiger partial charge on any atom is 0.238 e. The minimum absolute atomic E-state index is 0.134. The Morgan fingerprint density at radius 1 is 1.37 bits per heavy atom. The van der Waals surface area contributed by atoms with Gasteiger partial charge in [0.2, 0.25) is 11.8 Å². The lowest BCUT2D eigenvalue weighted by atomic mass is 10.3. The number of nitrogens with zero attached hydrogens (tertiary/aromatic N) is 1. The number of nitrogens with one attached hydrogen (secondary N) is 2. The van der Waals surface area contributed by atoms with Gasteiger partial charge in [-0.05, 0) is 31.2 Å². The molecular formula is C13H14ClN3O2. The molecular weight excluding hydrogens is 266 g/mol. The Morgan fingerprint density at radius 2 is 2.11 bits per heavy atom. The second-order valence-corrected chi connectivity index (χ2v) is 4.46. The number of carbonyl (C=O) groups excluding carboxylic acids is 1. The molecule has 0 atom stereocenters. The second kappa shape index (κ2) is 6.36. The van der Waals surface area contributed by atoms with Gasteiger partial charge in [0, 0.05) is 10.7 Å². The Balaban J connectivity index is 1.74. The zero-order chi connectivity index (χ0) is 13.7. The van der Waals surface area contributed by atoms with Crippen molar-refractivity contribution in [1.82, 2.24) is 10.3 Å². The van der Waals surface area contributed by atoms with E-state index >= 15 is 0 Å². The van der Waals surface area contributed by atoms with Gasteiger partial charge in [-0.25, -0.2) is 4.98 Å². The Kier molecular flexibility index (Phi) is 4.54. The van der Waals surface area contributed by atoms with Gasteiger partial charge in [0.05, 0.1) is 19.3 Å². The van der Waals surface area contributed by atoms with E-state index in [9.17, 15) is 4.79 Å². The van der Waals surface area contributed by atoms with Crippen LogP contribution >= 0.6 is 11.6 Å². The van der Waals surface area contributed by atoms with Gasteiger partial charge < -0.3 is 9.73 Å². The molecule has 0 radical (unpaired) electrons. The molecule has 0 saturated carbocycles. The number of aryl methyl sites for hydroxylation is 1. The molecule has 2 rings (SSSR count). The maximum absolute atomic E-state index is 11.6. The van der Waals surface area contributed by atoms with E-state index in [1.54, 1.807) is 30.5 Å². The quantitative estimate of drug-likeness (QED) is 0.882. The van der Waals surface area contributed by atoms with Crippen LogP contribution in [0.1, 0.15) is 11.7 Å². The van der Waals surface area contributed by atoms with Crippen LogP contribution in [-0.2, 0) is 11.3 Å². The summed E-state index contributed by atoms with van der Waals surface area (Å²) in [5.41, 5.74) is 0.711. The molecule has 0 spiro atoms. The van der Waals surface area contributed by atoms with Crippen LogP contribution in [0.3, 0.4) is 0 Å². The Morgan fingerprint density at radius 3 is 2.74 bits per heavy atom. The molecule has 2 aromatic rings. The highest BCUT2D eigenvalue weighted by atomic mass is 35.5. The minimum Gasteiger partial charge on any atom is -0.445 e. The van der Waals surface area contributed by atoms with Crippen LogP contribution in [0.15, 0.2) is 34.9 Å². The van der Waals surface area contributed by atoms with E-state index in [1.807, 2.05) is 6.92 Å². The standard InChI is InChI=1S/C13H14ClN3O2/c1-9-6-16-13(19-9)8-15-7-12(18)17-11-4-2-10(14)3-5-11/h2-6,15H,7-8H2,1H3,(H,17,18). The van der Waals surface area contributed by atoms with Gasteiger partial charge in [-0.2, -0.15) is 0 Å². The molecule has 1 heterocycles. The van der Waals surface area contributed by atoms with E-state index in [0.717, 1.165) is 5.76 Å². The average molecular weight is 280 g/mol. The number of aromatic nitrogens is 1. The number of rotatable bonds is 5. The summed E-state index contributed by atoms with van der Waals surface area (Å²) in [5.74, 6) is 1.19. The molecule has 0 aliphatic heterocycles. The second-order valence-electron chi connectivity index (χ2n) is 4.02. The van der Waals surface area contributed by atoms with E-state index in [4.69, 9.17) is 16.0 Å². The highest BCUT2D eigenvalue weighted by molar-refractivity contribution is 6.30. The van der Waals surface area contributed by atoms with Gasteiger partial charge in [-0.3, -0.25) is 10.1 Å². The van der Waals surface area contributed by atoms with E-state index in [1.165, 1.54) is 0 Å². The van der Waals surface area contributed by atoms with Crippen molar-refractivity contribution in [2.75, 3.05) is 11.9 Å². The zero-order valence-corrected chi connectivity index (χ0v) is 11.2. The van der Waals surface area contributed by atoms with E-state index in [-0.39, 0.29) is 12.5 Å². The van der Waals surface area contributed by atoms with Crippen LogP contribution in [0, 0.1) is 6.92 Å². The van der Waals surface area contributed by atoms with Crippen molar-refractivity contribution in [2.24, 2.45) is 0 Å². The number of anilines is 1. The van der Waals surface area contributed by atoms with Gasteiger partial charge >= 0.3 is 0 Å². The van der Waals surface area contributed by atoms with Crippen LogP contribution in [0.5, 0.6) is 0 Å². The molecule has 1 amide bonds. The van der Waals surface area contributed by atoms with Gasteiger partial charge in [-0.1, -0.05) is 11.6 Å². The highest BCUT2D eigenvalue weighted by Gasteiger charge is 2.04. The number of carbonyl (C=O) groups is 1. The first kappa shape index (κ1) is 13.6. The molecule has 0 aliphatic carbocycles. The topological polar surface area (TPSA) is 67.2 Å². The predicted molar refractivity (Wildman–Crippen MR) is 73.0 cm³/mol. The number of hydrogen-bond acceptors (Lipinski definition) is 4. The summed E-state index contributed by atoms with van der Waals surface area (Å²) in [6.45, 7) is 2.43. The molecule has 1 aromatic heterocycles. The summed E-state index contributed by atoms with van der Waals surface area (Å²) in [5, 5.41) is 6.34. The molecule has 2 N–H and O–H groups in total.